The Hall–Kier alpha value is -0.840. The molecule has 0 bridgehead atoms. The predicted octanol–water partition coefficient (Wildman–Crippen LogP) is 0.808. The maximum atomic E-state index is 10.5. The maximum Gasteiger partial charge on any atom is 0.169 e. The lowest BCUT2D eigenvalue weighted by Gasteiger charge is -1.88. The summed E-state index contributed by atoms with van der Waals surface area (Å²) in [5.41, 5.74) is 0. The summed E-state index contributed by atoms with van der Waals surface area (Å²) < 4.78 is 0. The highest BCUT2D eigenvalue weighted by molar-refractivity contribution is 5.91. The zero-order valence-electron chi connectivity index (χ0n) is 6.49. The Morgan fingerprint density at radius 3 is 2.09 bits per heavy atom. The molecule has 0 amide bonds. The van der Waals surface area contributed by atoms with Gasteiger partial charge in [0.2, 0.25) is 0 Å². The number of nitrogens with one attached hydrogen (secondary N) is 1. The Bertz CT molecular complexity index is 106. The molecule has 0 spiro atoms. The molecule has 0 aromatic carbocycles. The number of rotatable bonds is 3. The van der Waals surface area contributed by atoms with Gasteiger partial charge in [0.05, 0.1) is 6.54 Å². The molecule has 11 heavy (non-hydrogen) atoms. The summed E-state index contributed by atoms with van der Waals surface area (Å²) in [6, 6.07) is 0. The molecule has 0 rings (SSSR count). The molecule has 0 fully saturated rings. The van der Waals surface area contributed by atoms with Crippen LogP contribution in [-0.2, 0) is 4.79 Å². The van der Waals surface area contributed by atoms with E-state index in [0.29, 0.717) is 6.54 Å². The van der Waals surface area contributed by atoms with Crippen LogP contribution in [0.1, 0.15) is 6.92 Å². The summed E-state index contributed by atoms with van der Waals surface area (Å²) in [6.45, 7) is 2.26. The van der Waals surface area contributed by atoms with Crippen LogP contribution in [0.4, 0.5) is 14.1 Å². The van der Waals surface area contributed by atoms with E-state index in [1.165, 1.54) is 0 Å². The van der Waals surface area contributed by atoms with Gasteiger partial charge >= 0.3 is 0 Å². The standard InChI is InChI=1S/C6H11NO.3FH/c1-3-4-6(8)5-7-2;;;/h3-4,7H,5H2,1-2H3;3*1H. The topological polar surface area (TPSA) is 29.1 Å². The van der Waals surface area contributed by atoms with E-state index >= 15 is 0 Å². The van der Waals surface area contributed by atoms with Crippen molar-refractivity contribution in [2.24, 2.45) is 0 Å². The molecule has 0 radical (unpaired) electrons. The van der Waals surface area contributed by atoms with Crippen molar-refractivity contribution in [1.29, 1.82) is 0 Å². The second kappa shape index (κ2) is 16.1. The van der Waals surface area contributed by atoms with Gasteiger partial charge in [-0.2, -0.15) is 0 Å². The Morgan fingerprint density at radius 2 is 1.82 bits per heavy atom. The molecule has 0 saturated carbocycles. The smallest absolute Gasteiger partial charge is 0.169 e. The van der Waals surface area contributed by atoms with Gasteiger partial charge in [-0.05, 0) is 20.0 Å². The molecule has 0 heterocycles. The third-order valence-electron chi connectivity index (χ3n) is 0.704. The number of carbonyl (C=O) groups excluding carboxylic acids is 1. The second-order valence-corrected chi connectivity index (χ2v) is 1.50. The Kier molecular flexibility index (Phi) is 32.8. The van der Waals surface area contributed by atoms with Gasteiger partial charge in [-0.1, -0.05) is 6.08 Å². The van der Waals surface area contributed by atoms with Crippen molar-refractivity contribution in [2.45, 2.75) is 6.92 Å². The molecule has 0 aliphatic heterocycles. The summed E-state index contributed by atoms with van der Waals surface area (Å²) in [7, 11) is 1.75. The van der Waals surface area contributed by atoms with E-state index in [9.17, 15) is 4.79 Å². The molecular formula is C6H14F3NO. The van der Waals surface area contributed by atoms with Crippen LogP contribution in [-0.4, -0.2) is 19.4 Å². The highest BCUT2D eigenvalue weighted by Crippen LogP contribution is 1.71. The first kappa shape index (κ1) is 22.5. The predicted molar refractivity (Wildman–Crippen MR) is 41.3 cm³/mol. The van der Waals surface area contributed by atoms with Crippen LogP contribution < -0.4 is 5.32 Å². The van der Waals surface area contributed by atoms with Crippen molar-refractivity contribution in [3.05, 3.63) is 12.2 Å². The van der Waals surface area contributed by atoms with Gasteiger partial charge in [0.1, 0.15) is 0 Å². The minimum atomic E-state index is 0. The van der Waals surface area contributed by atoms with Crippen LogP contribution >= 0.6 is 0 Å². The third kappa shape index (κ3) is 17.6. The van der Waals surface area contributed by atoms with Crippen LogP contribution in [0.15, 0.2) is 12.2 Å². The van der Waals surface area contributed by atoms with E-state index in [2.05, 4.69) is 5.32 Å². The second-order valence-electron chi connectivity index (χ2n) is 1.50. The quantitative estimate of drug-likeness (QED) is 0.640. The number of hydrogen-bond donors (Lipinski definition) is 1. The summed E-state index contributed by atoms with van der Waals surface area (Å²) in [5.74, 6) is 0.120. The molecule has 0 aliphatic rings. The van der Waals surface area contributed by atoms with E-state index in [1.54, 1.807) is 19.2 Å². The van der Waals surface area contributed by atoms with Crippen molar-refractivity contribution in [1.82, 2.24) is 5.32 Å². The van der Waals surface area contributed by atoms with Gasteiger partial charge in [-0.25, -0.2) is 0 Å². The minimum absolute atomic E-state index is 0. The van der Waals surface area contributed by atoms with Crippen LogP contribution in [0.2, 0.25) is 0 Å². The first-order valence-corrected chi connectivity index (χ1v) is 2.61. The summed E-state index contributed by atoms with van der Waals surface area (Å²) in [5, 5.41) is 2.75. The fourth-order valence-corrected chi connectivity index (χ4v) is 0.419. The van der Waals surface area contributed by atoms with Crippen LogP contribution in [0.5, 0.6) is 0 Å². The average molecular weight is 173 g/mol. The van der Waals surface area contributed by atoms with Crippen LogP contribution in [0, 0.1) is 0 Å². The average Bonchev–Trinajstić information content (AvgIpc) is 1.68. The van der Waals surface area contributed by atoms with E-state index in [1.807, 2.05) is 6.92 Å². The van der Waals surface area contributed by atoms with Crippen molar-refractivity contribution < 1.29 is 18.9 Å². The fourth-order valence-electron chi connectivity index (χ4n) is 0.419. The zero-order chi connectivity index (χ0) is 6.41. The normalized spacial score (nSPS) is 7.45. The summed E-state index contributed by atoms with van der Waals surface area (Å²) in [4.78, 5) is 10.5. The molecule has 0 saturated heterocycles. The molecule has 5 heteroatoms. The fraction of sp³-hybridized carbons (Fsp3) is 0.500. The summed E-state index contributed by atoms with van der Waals surface area (Å²) in [6.07, 6.45) is 3.29. The lowest BCUT2D eigenvalue weighted by atomic mass is 10.3. The largest absolute Gasteiger partial charge is 0.313 e. The Labute approximate surface area is 63.8 Å². The SMILES string of the molecule is CC=CC(=O)CNC.F.F.F. The number of allylic oxidation sites excluding steroid dienone is 1. The number of carbonyl (C=O) groups is 1. The molecular weight excluding hydrogens is 159 g/mol. The maximum absolute atomic E-state index is 10.5. The first-order valence-electron chi connectivity index (χ1n) is 2.61. The Morgan fingerprint density at radius 1 is 1.36 bits per heavy atom. The molecule has 2 nitrogen and oxygen atoms in total. The van der Waals surface area contributed by atoms with E-state index in [0.717, 1.165) is 0 Å². The van der Waals surface area contributed by atoms with Crippen molar-refractivity contribution >= 4 is 5.78 Å². The molecule has 1 N–H and O–H groups in total. The molecule has 0 aliphatic carbocycles. The number of ketones is 1. The van der Waals surface area contributed by atoms with Gasteiger partial charge < -0.3 is 5.32 Å². The van der Waals surface area contributed by atoms with Crippen molar-refractivity contribution in [3.63, 3.8) is 0 Å². The third-order valence-corrected chi connectivity index (χ3v) is 0.704. The molecule has 0 aromatic heterocycles. The lowest BCUT2D eigenvalue weighted by molar-refractivity contribution is -0.113. The molecule has 0 aromatic rings. The first-order chi connectivity index (χ1) is 3.81. The minimum Gasteiger partial charge on any atom is -0.313 e. The molecule has 70 valence electrons. The van der Waals surface area contributed by atoms with E-state index < -0.39 is 0 Å². The molecule has 0 atom stereocenters. The Balaban J connectivity index is -0.0000000817. The zero-order valence-corrected chi connectivity index (χ0v) is 6.49. The highest BCUT2D eigenvalue weighted by Gasteiger charge is 1.88. The summed E-state index contributed by atoms with van der Waals surface area (Å²) >= 11 is 0. The number of likely N-dealkylation sites (N-methyl/N-ethyl adjacent to an activating group) is 1. The monoisotopic (exact) mass is 173 g/mol. The number of hydrogen-bond acceptors (Lipinski definition) is 2. The van der Waals surface area contributed by atoms with Crippen molar-refractivity contribution in [2.75, 3.05) is 13.6 Å². The van der Waals surface area contributed by atoms with Crippen LogP contribution in [0.3, 0.4) is 0 Å². The lowest BCUT2D eigenvalue weighted by Crippen LogP contribution is -2.15. The van der Waals surface area contributed by atoms with Gasteiger partial charge in [0.15, 0.2) is 5.78 Å². The number of halogens is 3. The van der Waals surface area contributed by atoms with Gasteiger partial charge in [0.25, 0.3) is 0 Å². The highest BCUT2D eigenvalue weighted by atomic mass is 19.0. The van der Waals surface area contributed by atoms with Gasteiger partial charge in [0, 0.05) is 0 Å². The van der Waals surface area contributed by atoms with Crippen molar-refractivity contribution in [3.8, 4) is 0 Å². The van der Waals surface area contributed by atoms with Gasteiger partial charge in [-0.15, -0.1) is 0 Å². The van der Waals surface area contributed by atoms with Gasteiger partial charge in [-0.3, -0.25) is 18.9 Å². The molecule has 0 unspecified atom stereocenters. The van der Waals surface area contributed by atoms with Crippen LogP contribution in [0.25, 0.3) is 0 Å². The van der Waals surface area contributed by atoms with E-state index in [4.69, 9.17) is 0 Å². The van der Waals surface area contributed by atoms with E-state index in [-0.39, 0.29) is 19.9 Å².